The molecule has 78 valence electrons. The summed E-state index contributed by atoms with van der Waals surface area (Å²) in [4.78, 5) is 32.1. The monoisotopic (exact) mass is 206 g/mol. The molecule has 0 aliphatic carbocycles. The number of aromatic nitrogens is 2. The molecule has 2 heterocycles. The molecule has 1 aliphatic rings. The van der Waals surface area contributed by atoms with Crippen molar-refractivity contribution in [1.82, 2.24) is 14.9 Å². The van der Waals surface area contributed by atoms with Crippen molar-refractivity contribution in [2.45, 2.75) is 19.9 Å². The predicted molar refractivity (Wildman–Crippen MR) is 52.1 cm³/mol. The first-order valence-electron chi connectivity index (χ1n) is 4.52. The van der Waals surface area contributed by atoms with Gasteiger partial charge in [0.2, 0.25) is 5.95 Å². The molecule has 0 saturated heterocycles. The van der Waals surface area contributed by atoms with Crippen LogP contribution in [0.2, 0.25) is 0 Å². The summed E-state index contributed by atoms with van der Waals surface area (Å²) in [7, 11) is 0. The summed E-state index contributed by atoms with van der Waals surface area (Å²) in [6, 6.07) is -0.194. The lowest BCUT2D eigenvalue weighted by Gasteiger charge is -2.17. The first-order valence-corrected chi connectivity index (χ1v) is 4.52. The second-order valence-electron chi connectivity index (χ2n) is 3.56. The van der Waals surface area contributed by atoms with Crippen molar-refractivity contribution in [3.05, 3.63) is 17.5 Å². The minimum Gasteiger partial charge on any atom is -0.368 e. The van der Waals surface area contributed by atoms with Crippen LogP contribution in [0, 0.1) is 0 Å². The van der Waals surface area contributed by atoms with Crippen molar-refractivity contribution in [2.24, 2.45) is 0 Å². The zero-order chi connectivity index (χ0) is 11.2. The minimum atomic E-state index is -0.404. The Hall–Kier alpha value is -1.98. The van der Waals surface area contributed by atoms with Crippen LogP contribution in [0.1, 0.15) is 34.7 Å². The first kappa shape index (κ1) is 9.57. The van der Waals surface area contributed by atoms with Crippen LogP contribution in [-0.2, 0) is 0 Å². The molecule has 0 atom stereocenters. The van der Waals surface area contributed by atoms with Gasteiger partial charge in [0.15, 0.2) is 0 Å². The second kappa shape index (κ2) is 3.01. The van der Waals surface area contributed by atoms with E-state index in [0.717, 1.165) is 4.90 Å². The van der Waals surface area contributed by atoms with Crippen LogP contribution >= 0.6 is 0 Å². The van der Waals surface area contributed by atoms with Gasteiger partial charge in [0, 0.05) is 12.2 Å². The topological polar surface area (TPSA) is 89.2 Å². The lowest BCUT2D eigenvalue weighted by atomic mass is 10.3. The molecule has 6 nitrogen and oxygen atoms in total. The number of carbonyl (C=O) groups excluding carboxylic acids is 2. The van der Waals surface area contributed by atoms with Crippen molar-refractivity contribution >= 4 is 17.8 Å². The van der Waals surface area contributed by atoms with E-state index < -0.39 is 5.91 Å². The maximum Gasteiger partial charge on any atom is 0.280 e. The molecule has 1 aliphatic heterocycles. The average Bonchev–Trinajstić information content (AvgIpc) is 2.39. The van der Waals surface area contributed by atoms with E-state index >= 15 is 0 Å². The number of imide groups is 1. The summed E-state index contributed by atoms with van der Waals surface area (Å²) >= 11 is 0. The Labute approximate surface area is 86.1 Å². The Morgan fingerprint density at radius 2 is 2.00 bits per heavy atom. The molecule has 0 fully saturated rings. The number of nitrogens with two attached hydrogens (primary N) is 1. The molecule has 0 unspecified atom stereocenters. The van der Waals surface area contributed by atoms with Crippen LogP contribution in [0.25, 0.3) is 0 Å². The van der Waals surface area contributed by atoms with Crippen molar-refractivity contribution < 1.29 is 9.59 Å². The number of fused-ring (bicyclic) bond motifs is 1. The number of anilines is 1. The smallest absolute Gasteiger partial charge is 0.280 e. The van der Waals surface area contributed by atoms with Gasteiger partial charge < -0.3 is 5.73 Å². The Kier molecular flexibility index (Phi) is 1.92. The van der Waals surface area contributed by atoms with Gasteiger partial charge in [-0.15, -0.1) is 0 Å². The number of rotatable bonds is 1. The molecule has 0 bridgehead atoms. The van der Waals surface area contributed by atoms with Gasteiger partial charge in [-0.2, -0.15) is 0 Å². The van der Waals surface area contributed by atoms with Gasteiger partial charge in [-0.05, 0) is 13.8 Å². The van der Waals surface area contributed by atoms with E-state index in [1.54, 1.807) is 13.8 Å². The maximum atomic E-state index is 11.8. The van der Waals surface area contributed by atoms with Gasteiger partial charge in [-0.25, -0.2) is 9.97 Å². The van der Waals surface area contributed by atoms with Crippen molar-refractivity contribution in [2.75, 3.05) is 5.73 Å². The molecule has 1 aromatic heterocycles. The molecule has 2 amide bonds. The number of nitrogen functional groups attached to an aromatic ring is 1. The third-order valence-electron chi connectivity index (χ3n) is 2.19. The summed E-state index contributed by atoms with van der Waals surface area (Å²) in [6.45, 7) is 3.52. The largest absolute Gasteiger partial charge is 0.368 e. The fourth-order valence-corrected chi connectivity index (χ4v) is 1.52. The number of nitrogens with zero attached hydrogens (tertiary/aromatic N) is 3. The van der Waals surface area contributed by atoms with E-state index in [-0.39, 0.29) is 29.2 Å². The summed E-state index contributed by atoms with van der Waals surface area (Å²) in [6.07, 6.45) is 1.29. The molecule has 0 saturated carbocycles. The van der Waals surface area contributed by atoms with E-state index in [4.69, 9.17) is 5.73 Å². The maximum absolute atomic E-state index is 11.8. The van der Waals surface area contributed by atoms with Gasteiger partial charge in [0.1, 0.15) is 5.69 Å². The van der Waals surface area contributed by atoms with Gasteiger partial charge in [-0.1, -0.05) is 0 Å². The van der Waals surface area contributed by atoms with Crippen LogP contribution < -0.4 is 5.73 Å². The standard InChI is InChI=1S/C9H10N4O2/c1-4(2)13-7(14)5-3-11-9(10)12-6(5)8(13)15/h3-4H,1-2H3,(H2,10,11,12). The molecule has 6 heteroatoms. The second-order valence-corrected chi connectivity index (χ2v) is 3.56. The molecular weight excluding hydrogens is 196 g/mol. The highest BCUT2D eigenvalue weighted by Crippen LogP contribution is 2.22. The van der Waals surface area contributed by atoms with Crippen LogP contribution in [0.4, 0.5) is 5.95 Å². The Morgan fingerprint density at radius 3 is 2.60 bits per heavy atom. The normalized spacial score (nSPS) is 15.0. The summed E-state index contributed by atoms with van der Waals surface area (Å²) < 4.78 is 0. The van der Waals surface area contributed by atoms with E-state index in [0.29, 0.717) is 0 Å². The molecule has 2 rings (SSSR count). The van der Waals surface area contributed by atoms with Crippen LogP contribution in [-0.4, -0.2) is 32.7 Å². The van der Waals surface area contributed by atoms with Crippen LogP contribution in [0.5, 0.6) is 0 Å². The zero-order valence-electron chi connectivity index (χ0n) is 8.39. The third-order valence-corrected chi connectivity index (χ3v) is 2.19. The number of hydrogen-bond acceptors (Lipinski definition) is 5. The molecule has 15 heavy (non-hydrogen) atoms. The molecule has 1 aromatic rings. The van der Waals surface area contributed by atoms with Gasteiger partial charge in [-0.3, -0.25) is 14.5 Å². The number of amides is 2. The van der Waals surface area contributed by atoms with Crippen LogP contribution in [0.3, 0.4) is 0 Å². The minimum absolute atomic E-state index is 0.000469. The fraction of sp³-hybridized carbons (Fsp3) is 0.333. The molecular formula is C9H10N4O2. The Balaban J connectivity index is 2.56. The highest BCUT2D eigenvalue weighted by atomic mass is 16.2. The SMILES string of the molecule is CC(C)N1C(=O)c2cnc(N)nc2C1=O. The Bertz CT molecular complexity index is 455. The van der Waals surface area contributed by atoms with Gasteiger partial charge in [0.05, 0.1) is 5.56 Å². The third kappa shape index (κ3) is 1.25. The fourth-order valence-electron chi connectivity index (χ4n) is 1.52. The zero-order valence-corrected chi connectivity index (χ0v) is 8.39. The van der Waals surface area contributed by atoms with E-state index in [1.165, 1.54) is 6.20 Å². The highest BCUT2D eigenvalue weighted by molar-refractivity contribution is 6.20. The van der Waals surface area contributed by atoms with Crippen molar-refractivity contribution in [3.8, 4) is 0 Å². The molecule has 0 radical (unpaired) electrons. The molecule has 0 spiro atoms. The predicted octanol–water partition coefficient (Wildman–Crippen LogP) is 0.0632. The average molecular weight is 206 g/mol. The van der Waals surface area contributed by atoms with Gasteiger partial charge in [0.25, 0.3) is 11.8 Å². The number of hydrogen-bond donors (Lipinski definition) is 1. The first-order chi connectivity index (χ1) is 7.02. The summed E-state index contributed by atoms with van der Waals surface area (Å²) in [5.41, 5.74) is 5.68. The quantitative estimate of drug-likeness (QED) is 0.656. The Morgan fingerprint density at radius 1 is 1.33 bits per heavy atom. The van der Waals surface area contributed by atoms with E-state index in [2.05, 4.69) is 9.97 Å². The highest BCUT2D eigenvalue weighted by Gasteiger charge is 2.38. The molecule has 2 N–H and O–H groups in total. The number of carbonyl (C=O) groups is 2. The van der Waals surface area contributed by atoms with Gasteiger partial charge >= 0.3 is 0 Å². The van der Waals surface area contributed by atoms with E-state index in [9.17, 15) is 9.59 Å². The lowest BCUT2D eigenvalue weighted by Crippen LogP contribution is -2.36. The lowest BCUT2D eigenvalue weighted by molar-refractivity contribution is 0.0607. The van der Waals surface area contributed by atoms with Crippen LogP contribution in [0.15, 0.2) is 6.20 Å². The molecule has 0 aromatic carbocycles. The van der Waals surface area contributed by atoms with Crippen molar-refractivity contribution in [3.63, 3.8) is 0 Å². The summed E-state index contributed by atoms with van der Waals surface area (Å²) in [5, 5.41) is 0. The van der Waals surface area contributed by atoms with E-state index in [1.807, 2.05) is 0 Å². The van der Waals surface area contributed by atoms with Crippen molar-refractivity contribution in [1.29, 1.82) is 0 Å². The summed E-state index contributed by atoms with van der Waals surface area (Å²) in [5.74, 6) is -0.760.